The molecule has 4 atom stereocenters. The molecule has 0 unspecified atom stereocenters. The highest BCUT2D eigenvalue weighted by molar-refractivity contribution is 6.12. The number of halogens is 1. The number of ether oxygens (including phenoxy) is 2. The van der Waals surface area contributed by atoms with E-state index in [1.54, 1.807) is 19.9 Å². The van der Waals surface area contributed by atoms with Gasteiger partial charge in [-0.15, -0.1) is 0 Å². The Balaban J connectivity index is 2.17. The normalized spacial score (nSPS) is 24.3. The molecule has 1 aliphatic heterocycles. The first-order valence-electron chi connectivity index (χ1n) is 10.5. The summed E-state index contributed by atoms with van der Waals surface area (Å²) in [4.78, 5) is 39.0. The average molecular weight is 429 g/mol. The van der Waals surface area contributed by atoms with Gasteiger partial charge in [0, 0.05) is 22.9 Å². The highest BCUT2D eigenvalue weighted by Crippen LogP contribution is 2.45. The Morgan fingerprint density at radius 2 is 2.03 bits per heavy atom. The first-order chi connectivity index (χ1) is 14.7. The van der Waals surface area contributed by atoms with Gasteiger partial charge in [-0.05, 0) is 50.3 Å². The van der Waals surface area contributed by atoms with Crippen LogP contribution in [0.5, 0.6) is 0 Å². The lowest BCUT2D eigenvalue weighted by molar-refractivity contribution is -0.151. The Hall–Kier alpha value is -2.96. The van der Waals surface area contributed by atoms with Gasteiger partial charge < -0.3 is 14.8 Å². The highest BCUT2D eigenvalue weighted by atomic mass is 19.1. The number of hydrogen-bond acceptors (Lipinski definition) is 6. The number of esters is 2. The molecule has 31 heavy (non-hydrogen) atoms. The van der Waals surface area contributed by atoms with Crippen LogP contribution < -0.4 is 5.32 Å². The second-order valence-corrected chi connectivity index (χ2v) is 8.21. The highest BCUT2D eigenvalue weighted by Gasteiger charge is 2.47. The fourth-order valence-electron chi connectivity index (χ4n) is 4.30. The van der Waals surface area contributed by atoms with E-state index in [1.165, 1.54) is 25.3 Å². The number of hydrogen-bond donors (Lipinski definition) is 1. The van der Waals surface area contributed by atoms with E-state index in [4.69, 9.17) is 9.47 Å². The average Bonchev–Trinajstić information content (AvgIpc) is 2.72. The Bertz CT molecular complexity index is 980. The van der Waals surface area contributed by atoms with Crippen LogP contribution in [0, 0.1) is 17.7 Å². The molecule has 7 heteroatoms. The first-order valence-corrected chi connectivity index (χ1v) is 10.5. The monoisotopic (exact) mass is 429 g/mol. The molecule has 2 aliphatic rings. The van der Waals surface area contributed by atoms with Gasteiger partial charge >= 0.3 is 11.9 Å². The molecule has 6 nitrogen and oxygen atoms in total. The summed E-state index contributed by atoms with van der Waals surface area (Å²) in [6.45, 7) is 7.24. The number of rotatable bonds is 5. The summed E-state index contributed by atoms with van der Waals surface area (Å²) in [6.07, 6.45) is 0.740. The van der Waals surface area contributed by atoms with Crippen molar-refractivity contribution in [3.63, 3.8) is 0 Å². The number of nitrogens with one attached hydrogen (secondary N) is 1. The zero-order valence-corrected chi connectivity index (χ0v) is 18.5. The molecule has 0 fully saturated rings. The SMILES string of the molecule is CC[C@H](C)OC(=O)C1=C(C)NC2=C(C(=O)[C@H](C(=O)OC)[C@@H](C)C2)[C@H]1c1cccc(F)c1. The maximum atomic E-state index is 14.1. The van der Waals surface area contributed by atoms with Crippen molar-refractivity contribution in [2.45, 2.75) is 52.6 Å². The largest absolute Gasteiger partial charge is 0.468 e. The van der Waals surface area contributed by atoms with Crippen molar-refractivity contribution in [1.82, 2.24) is 5.32 Å². The van der Waals surface area contributed by atoms with Gasteiger partial charge in [-0.1, -0.05) is 26.0 Å². The smallest absolute Gasteiger partial charge is 0.337 e. The number of dihydropyridines is 1. The first kappa shape index (κ1) is 22.7. The van der Waals surface area contributed by atoms with Gasteiger partial charge in [-0.25, -0.2) is 9.18 Å². The van der Waals surface area contributed by atoms with Crippen LogP contribution in [0.25, 0.3) is 0 Å². The zero-order chi connectivity index (χ0) is 22.9. The molecular weight excluding hydrogens is 401 g/mol. The van der Waals surface area contributed by atoms with Crippen molar-refractivity contribution >= 4 is 17.7 Å². The van der Waals surface area contributed by atoms with Gasteiger partial charge in [-0.3, -0.25) is 9.59 Å². The Morgan fingerprint density at radius 1 is 1.32 bits per heavy atom. The lowest BCUT2D eigenvalue weighted by atomic mass is 9.69. The fraction of sp³-hybridized carbons (Fsp3) is 0.458. The molecule has 1 aromatic rings. The van der Waals surface area contributed by atoms with Crippen molar-refractivity contribution in [1.29, 1.82) is 0 Å². The van der Waals surface area contributed by atoms with E-state index < -0.39 is 35.4 Å². The molecule has 3 rings (SSSR count). The molecule has 1 aromatic carbocycles. The van der Waals surface area contributed by atoms with Gasteiger partial charge in [0.2, 0.25) is 0 Å². The van der Waals surface area contributed by atoms with Crippen molar-refractivity contribution in [3.8, 4) is 0 Å². The van der Waals surface area contributed by atoms with Gasteiger partial charge in [0.25, 0.3) is 0 Å². The number of ketones is 1. The Morgan fingerprint density at radius 3 is 2.65 bits per heavy atom. The van der Waals surface area contributed by atoms with Crippen LogP contribution in [-0.4, -0.2) is 30.9 Å². The molecule has 0 spiro atoms. The summed E-state index contributed by atoms with van der Waals surface area (Å²) in [5.74, 6) is -4.17. The number of carbonyl (C=O) groups excluding carboxylic acids is 3. The maximum absolute atomic E-state index is 14.1. The van der Waals surface area contributed by atoms with Crippen LogP contribution in [0.2, 0.25) is 0 Å². The van der Waals surface area contributed by atoms with E-state index in [1.807, 2.05) is 13.8 Å². The molecule has 1 N–H and O–H groups in total. The summed E-state index contributed by atoms with van der Waals surface area (Å²) in [5.41, 5.74) is 2.19. The number of methoxy groups -OCH3 is 1. The van der Waals surface area contributed by atoms with Gasteiger partial charge in [-0.2, -0.15) is 0 Å². The molecule has 0 bridgehead atoms. The Labute approximate surface area is 181 Å². The predicted octanol–water partition coefficient (Wildman–Crippen LogP) is 3.78. The van der Waals surface area contributed by atoms with Crippen LogP contribution >= 0.6 is 0 Å². The van der Waals surface area contributed by atoms with Crippen LogP contribution in [0.1, 0.15) is 52.0 Å². The summed E-state index contributed by atoms with van der Waals surface area (Å²) in [7, 11) is 1.24. The molecule has 0 saturated heterocycles. The molecule has 0 amide bonds. The minimum atomic E-state index is -0.980. The van der Waals surface area contributed by atoms with Gasteiger partial charge in [0.1, 0.15) is 11.7 Å². The third kappa shape index (κ3) is 4.27. The van der Waals surface area contributed by atoms with E-state index in [2.05, 4.69) is 5.32 Å². The topological polar surface area (TPSA) is 81.7 Å². The van der Waals surface area contributed by atoms with Crippen LogP contribution in [-0.2, 0) is 23.9 Å². The summed E-state index contributed by atoms with van der Waals surface area (Å²) in [6, 6.07) is 5.82. The molecule has 0 aromatic heterocycles. The van der Waals surface area contributed by atoms with Crippen molar-refractivity contribution < 1.29 is 28.2 Å². The van der Waals surface area contributed by atoms with Gasteiger partial charge in [0.15, 0.2) is 5.78 Å². The number of carbonyl (C=O) groups is 3. The molecular formula is C24H28FNO5. The summed E-state index contributed by atoms with van der Waals surface area (Å²) >= 11 is 0. The minimum Gasteiger partial charge on any atom is -0.468 e. The van der Waals surface area contributed by atoms with Crippen LogP contribution in [0.3, 0.4) is 0 Å². The second-order valence-electron chi connectivity index (χ2n) is 8.21. The van der Waals surface area contributed by atoms with E-state index in [0.717, 1.165) is 0 Å². The number of benzene rings is 1. The summed E-state index contributed by atoms with van der Waals surface area (Å²) < 4.78 is 24.6. The lowest BCUT2D eigenvalue weighted by Gasteiger charge is -2.38. The summed E-state index contributed by atoms with van der Waals surface area (Å²) in [5, 5.41) is 3.18. The fourth-order valence-corrected chi connectivity index (χ4v) is 4.30. The van der Waals surface area contributed by atoms with E-state index in [0.29, 0.717) is 35.4 Å². The van der Waals surface area contributed by atoms with E-state index in [9.17, 15) is 18.8 Å². The van der Waals surface area contributed by atoms with E-state index in [-0.39, 0.29) is 17.6 Å². The molecule has 1 heterocycles. The molecule has 1 aliphatic carbocycles. The quantitative estimate of drug-likeness (QED) is 0.567. The van der Waals surface area contributed by atoms with Gasteiger partial charge in [0.05, 0.1) is 18.8 Å². The lowest BCUT2D eigenvalue weighted by Crippen LogP contribution is -2.43. The van der Waals surface area contributed by atoms with E-state index >= 15 is 0 Å². The third-order valence-corrected chi connectivity index (χ3v) is 6.03. The van der Waals surface area contributed by atoms with Crippen molar-refractivity contribution in [2.24, 2.45) is 11.8 Å². The molecule has 166 valence electrons. The second kappa shape index (κ2) is 9.04. The van der Waals surface area contributed by atoms with Crippen molar-refractivity contribution in [2.75, 3.05) is 7.11 Å². The van der Waals surface area contributed by atoms with Crippen LogP contribution in [0.4, 0.5) is 4.39 Å². The van der Waals surface area contributed by atoms with Crippen molar-refractivity contribution in [3.05, 3.63) is 58.2 Å². The number of allylic oxidation sites excluding steroid dienone is 3. The third-order valence-electron chi connectivity index (χ3n) is 6.03. The number of Topliss-reactive ketones (excluding diaryl/α,β-unsaturated/α-hetero) is 1. The molecule has 0 radical (unpaired) electrons. The molecule has 0 saturated carbocycles. The Kier molecular flexibility index (Phi) is 6.62. The zero-order valence-electron chi connectivity index (χ0n) is 18.5. The maximum Gasteiger partial charge on any atom is 0.337 e. The van der Waals surface area contributed by atoms with Crippen LogP contribution in [0.15, 0.2) is 46.8 Å². The minimum absolute atomic E-state index is 0.246. The standard InChI is InChI=1S/C24H28FNO5/c1-6-13(3)31-24(29)19-14(4)26-17-10-12(2)18(23(28)30-5)22(27)21(17)20(19)15-8-7-9-16(25)11-15/h7-9,11-13,18,20,26H,6,10H2,1-5H3/t12-,13-,18+,20-/m0/s1. The predicted molar refractivity (Wildman–Crippen MR) is 112 cm³/mol.